The molecule has 6 aromatic carbocycles. The molecule has 61 heavy (non-hydrogen) atoms. The summed E-state index contributed by atoms with van der Waals surface area (Å²) in [6.07, 6.45) is 0. The molecule has 0 unspecified atom stereocenters. The zero-order valence-corrected chi connectivity index (χ0v) is 34.0. The van der Waals surface area contributed by atoms with Gasteiger partial charge in [0.15, 0.2) is 0 Å². The Morgan fingerprint density at radius 2 is 0.705 bits per heavy atom. The Bertz CT molecular complexity index is 3340. The van der Waals surface area contributed by atoms with Gasteiger partial charge in [-0.3, -0.25) is 0 Å². The van der Waals surface area contributed by atoms with E-state index in [1.807, 2.05) is 97.1 Å². The third kappa shape index (κ3) is 6.96. The van der Waals surface area contributed by atoms with E-state index in [4.69, 9.17) is 39.9 Å². The molecular weight excluding hydrogens is 857 g/mol. The normalized spacial score (nSPS) is 12.0. The minimum atomic E-state index is -4.90. The van der Waals surface area contributed by atoms with Crippen molar-refractivity contribution in [3.05, 3.63) is 121 Å². The molecule has 0 aliphatic carbocycles. The van der Waals surface area contributed by atoms with Crippen LogP contribution in [0.4, 0.5) is 0 Å². The van der Waals surface area contributed by atoms with Crippen molar-refractivity contribution in [2.75, 3.05) is 0 Å². The van der Waals surface area contributed by atoms with E-state index in [-0.39, 0.29) is 32.5 Å². The van der Waals surface area contributed by atoms with E-state index in [2.05, 4.69) is 0 Å². The van der Waals surface area contributed by atoms with E-state index in [1.54, 1.807) is 0 Å². The van der Waals surface area contributed by atoms with E-state index in [0.717, 1.165) is 55.9 Å². The fraction of sp³-hybridized carbons (Fsp3) is 0. The smallest absolute Gasteiger partial charge is 0.744 e. The molecular formula is C42H22N8O8S2Ti-2. The maximum Gasteiger partial charge on any atom is 2.00 e. The molecule has 0 saturated heterocycles. The Kier molecular flexibility index (Phi) is 9.50. The van der Waals surface area contributed by atoms with Crippen molar-refractivity contribution in [2.24, 2.45) is 0 Å². The molecule has 0 amide bonds. The minimum Gasteiger partial charge on any atom is -0.744 e. The van der Waals surface area contributed by atoms with Crippen molar-refractivity contribution >= 4 is 75.1 Å². The molecule has 8 bridgehead atoms. The maximum atomic E-state index is 10.9. The van der Waals surface area contributed by atoms with Gasteiger partial charge in [0, 0.05) is 44.8 Å². The zero-order chi connectivity index (χ0) is 41.5. The van der Waals surface area contributed by atoms with Crippen LogP contribution < -0.4 is 9.97 Å². The number of benzene rings is 6. The van der Waals surface area contributed by atoms with Crippen molar-refractivity contribution in [3.63, 3.8) is 0 Å². The van der Waals surface area contributed by atoms with Crippen molar-refractivity contribution in [1.29, 1.82) is 0 Å². The summed E-state index contributed by atoms with van der Waals surface area (Å²) in [7, 11) is -9.79. The monoisotopic (exact) mass is 878 g/mol. The number of hydrogen-bond donors (Lipinski definition) is 2. The van der Waals surface area contributed by atoms with Crippen molar-refractivity contribution in [3.8, 4) is 57.1 Å². The van der Waals surface area contributed by atoms with Gasteiger partial charge in [0.1, 0.15) is 31.7 Å². The quantitative estimate of drug-likeness (QED) is 0.145. The van der Waals surface area contributed by atoms with Crippen LogP contribution in [0.3, 0.4) is 0 Å². The average molecular weight is 879 g/mol. The van der Waals surface area contributed by atoms with E-state index >= 15 is 0 Å². The molecule has 0 radical (unpaired) electrons. The third-order valence-electron chi connectivity index (χ3n) is 9.86. The summed E-state index contributed by atoms with van der Waals surface area (Å²) in [6.45, 7) is 0. The largest absolute Gasteiger partial charge is 2.00 e. The van der Waals surface area contributed by atoms with E-state index in [1.165, 1.54) is 0 Å². The number of fused-ring (bicyclic) bond motifs is 21. The molecule has 0 atom stereocenters. The number of phenolic OH excluding ortho intramolecular Hbond substituents is 2. The van der Waals surface area contributed by atoms with Crippen LogP contribution in [0.15, 0.2) is 131 Å². The summed E-state index contributed by atoms with van der Waals surface area (Å²) < 4.78 is 65.3. The van der Waals surface area contributed by atoms with Crippen LogP contribution in [0.25, 0.3) is 100 Å². The number of rotatable bonds is 2. The van der Waals surface area contributed by atoms with Gasteiger partial charge in [-0.1, -0.05) is 97.1 Å². The molecule has 11 rings (SSSR count). The predicted molar refractivity (Wildman–Crippen MR) is 217 cm³/mol. The van der Waals surface area contributed by atoms with Gasteiger partial charge in [-0.2, -0.15) is 0 Å². The number of aromatic hydroxyl groups is 2. The number of aromatic nitrogens is 8. The van der Waals surface area contributed by atoms with Gasteiger partial charge in [0.2, 0.25) is 0 Å². The van der Waals surface area contributed by atoms with Gasteiger partial charge >= 0.3 is 21.7 Å². The first-order chi connectivity index (χ1) is 28.8. The van der Waals surface area contributed by atoms with Gasteiger partial charge in [0.05, 0.1) is 38.5 Å². The molecule has 2 aliphatic heterocycles. The second-order valence-electron chi connectivity index (χ2n) is 13.6. The first kappa shape index (κ1) is 39.5. The van der Waals surface area contributed by atoms with E-state index in [9.17, 15) is 36.2 Å². The summed E-state index contributed by atoms with van der Waals surface area (Å²) in [5.41, 5.74) is 5.78. The van der Waals surface area contributed by atoms with E-state index in [0.29, 0.717) is 58.0 Å². The van der Waals surface area contributed by atoms with Crippen molar-refractivity contribution in [2.45, 2.75) is 9.79 Å². The first-order valence-electron chi connectivity index (χ1n) is 17.8. The van der Waals surface area contributed by atoms with Crippen LogP contribution >= 0.6 is 0 Å². The fourth-order valence-corrected chi connectivity index (χ4v) is 8.22. The number of nitrogens with zero attached hydrogens (tertiary/aromatic N) is 8. The molecule has 0 saturated carbocycles. The standard InChI is InChI=1S/C32H16N8.C10H8O8S2.Ti/c1-2-10-18-17(9-1)25-33-26(18)38-28-21-13-5-6-14-22(21)30(35-28)40-32-24-16-8-7-15-23(24)31(36-32)39-29-20-12-4-3-11-19(20)27(34-29)37-25;11-8-3-6(19(13,14)15)1-5-2-7(20(16,17)18)4-9(12)10(5)8;/h1-16H;1-4,11-12H,(H,13,14,15)(H,16,17,18);/q-2;;+2/p-2. The average Bonchev–Trinajstić information content (AvgIpc) is 3.96. The molecule has 19 heteroatoms. The minimum absolute atomic E-state index is 0. The fourth-order valence-electron chi connectivity index (χ4n) is 7.16. The zero-order valence-electron chi connectivity index (χ0n) is 30.8. The van der Waals surface area contributed by atoms with Crippen molar-refractivity contribution in [1.82, 2.24) is 39.9 Å². The SMILES string of the molecule is O=S(=O)([O-])c1cc(O)c2c(O)cc(S(=O)(=O)[O-])cc2c1.[Ti+2].c1ccc2c(c1)-c1nc-2nc2[n-]c(nc3nc(nc4[n-]c(n1)c1ccccc41)-c1ccccc1-3)c1ccccc21. The third-order valence-corrected chi connectivity index (χ3v) is 11.5. The Balaban J connectivity index is 0.000000193. The van der Waals surface area contributed by atoms with Crippen LogP contribution in [0.1, 0.15) is 0 Å². The molecule has 296 valence electrons. The van der Waals surface area contributed by atoms with Crippen LogP contribution in [0, 0.1) is 0 Å². The van der Waals surface area contributed by atoms with Gasteiger partial charge < -0.3 is 49.2 Å². The summed E-state index contributed by atoms with van der Waals surface area (Å²) in [4.78, 5) is 37.6. The first-order valence-corrected chi connectivity index (χ1v) is 20.6. The maximum absolute atomic E-state index is 10.9. The number of hydrogen-bond acceptors (Lipinski definition) is 14. The number of phenols is 2. The molecule has 5 heterocycles. The van der Waals surface area contributed by atoms with Crippen LogP contribution in [-0.4, -0.2) is 66.1 Å². The Hall–Kier alpha value is -6.93. The topological polar surface area (TPSA) is 260 Å². The summed E-state index contributed by atoms with van der Waals surface area (Å²) in [5, 5.41) is 22.2. The predicted octanol–water partition coefficient (Wildman–Crippen LogP) is 6.18. The van der Waals surface area contributed by atoms with Crippen LogP contribution in [0.5, 0.6) is 11.5 Å². The molecule has 16 nitrogen and oxygen atoms in total. The van der Waals surface area contributed by atoms with Crippen molar-refractivity contribution < 1.29 is 57.9 Å². The van der Waals surface area contributed by atoms with Gasteiger partial charge in [0.25, 0.3) is 0 Å². The molecule has 9 aromatic rings. The Labute approximate surface area is 359 Å². The summed E-state index contributed by atoms with van der Waals surface area (Å²) in [6, 6.07) is 34.6. The molecule has 3 aromatic heterocycles. The second kappa shape index (κ2) is 14.7. The van der Waals surface area contributed by atoms with Gasteiger partial charge in [-0.15, -0.1) is 0 Å². The van der Waals surface area contributed by atoms with Crippen LogP contribution in [-0.2, 0) is 42.0 Å². The second-order valence-corrected chi connectivity index (χ2v) is 16.3. The summed E-state index contributed by atoms with van der Waals surface area (Å²) >= 11 is 0. The Morgan fingerprint density at radius 3 is 0.984 bits per heavy atom. The molecule has 2 aliphatic rings. The summed E-state index contributed by atoms with van der Waals surface area (Å²) in [5.74, 6) is 0.744. The van der Waals surface area contributed by atoms with E-state index < -0.39 is 41.5 Å². The van der Waals surface area contributed by atoms with Crippen LogP contribution in [0.2, 0.25) is 0 Å². The van der Waals surface area contributed by atoms with Gasteiger partial charge in [-0.05, 0) is 51.2 Å². The Morgan fingerprint density at radius 1 is 0.426 bits per heavy atom. The molecule has 0 fully saturated rings. The molecule has 0 spiro atoms. The van der Waals surface area contributed by atoms with Gasteiger partial charge in [-0.25, -0.2) is 26.8 Å². The molecule has 2 N–H and O–H groups in total.